The minimum Gasteiger partial charge on any atom is -0.398 e. The highest BCUT2D eigenvalue weighted by Crippen LogP contribution is 2.24. The molecular formula is C12H15BrN2. The van der Waals surface area contributed by atoms with Gasteiger partial charge in [-0.15, -0.1) is 0 Å². The van der Waals surface area contributed by atoms with Crippen LogP contribution in [0.1, 0.15) is 11.1 Å². The standard InChI is InChI=1S/C12H15BrN2/c1-9(13)7-15-6-5-10-3-2-4-12(14)11(10)8-15/h2-4H,1,5-8,14H2. The van der Waals surface area contributed by atoms with Gasteiger partial charge in [-0.1, -0.05) is 34.6 Å². The summed E-state index contributed by atoms with van der Waals surface area (Å²) >= 11 is 3.40. The van der Waals surface area contributed by atoms with Crippen molar-refractivity contribution in [2.45, 2.75) is 13.0 Å². The van der Waals surface area contributed by atoms with Gasteiger partial charge in [-0.2, -0.15) is 0 Å². The first-order chi connectivity index (χ1) is 7.16. The van der Waals surface area contributed by atoms with E-state index in [9.17, 15) is 0 Å². The van der Waals surface area contributed by atoms with Crippen molar-refractivity contribution < 1.29 is 0 Å². The van der Waals surface area contributed by atoms with Gasteiger partial charge in [-0.05, 0) is 23.6 Å². The third-order valence-corrected chi connectivity index (χ3v) is 3.03. The molecule has 0 fully saturated rings. The Bertz CT molecular complexity index is 387. The summed E-state index contributed by atoms with van der Waals surface area (Å²) in [6.07, 6.45) is 1.08. The van der Waals surface area contributed by atoms with E-state index in [1.807, 2.05) is 12.1 Å². The molecular weight excluding hydrogens is 252 g/mol. The van der Waals surface area contributed by atoms with Crippen LogP contribution in [0.5, 0.6) is 0 Å². The van der Waals surface area contributed by atoms with Crippen LogP contribution in [0.25, 0.3) is 0 Å². The van der Waals surface area contributed by atoms with Gasteiger partial charge in [0.05, 0.1) is 0 Å². The van der Waals surface area contributed by atoms with Crippen LogP contribution >= 0.6 is 15.9 Å². The summed E-state index contributed by atoms with van der Waals surface area (Å²) in [6, 6.07) is 6.19. The van der Waals surface area contributed by atoms with E-state index in [2.05, 4.69) is 33.5 Å². The van der Waals surface area contributed by atoms with Crippen LogP contribution in [-0.2, 0) is 13.0 Å². The number of nitrogens with two attached hydrogens (primary N) is 1. The molecule has 1 aromatic carbocycles. The first kappa shape index (κ1) is 10.7. The van der Waals surface area contributed by atoms with Crippen molar-refractivity contribution in [3.05, 3.63) is 40.4 Å². The Hall–Kier alpha value is -0.800. The Morgan fingerprint density at radius 2 is 2.33 bits per heavy atom. The van der Waals surface area contributed by atoms with E-state index < -0.39 is 0 Å². The van der Waals surface area contributed by atoms with E-state index >= 15 is 0 Å². The van der Waals surface area contributed by atoms with Gasteiger partial charge in [0.15, 0.2) is 0 Å². The molecule has 0 saturated carbocycles. The average molecular weight is 267 g/mol. The van der Waals surface area contributed by atoms with Crippen molar-refractivity contribution >= 4 is 21.6 Å². The molecule has 2 rings (SSSR count). The molecule has 1 aliphatic rings. The molecule has 0 saturated heterocycles. The van der Waals surface area contributed by atoms with Crippen LogP contribution in [0.15, 0.2) is 29.3 Å². The van der Waals surface area contributed by atoms with E-state index in [0.717, 1.165) is 36.2 Å². The fourth-order valence-electron chi connectivity index (χ4n) is 2.04. The highest BCUT2D eigenvalue weighted by molar-refractivity contribution is 9.11. The molecule has 1 aromatic rings. The molecule has 1 heterocycles. The number of rotatable bonds is 2. The molecule has 1 aliphatic heterocycles. The second-order valence-corrected chi connectivity index (χ2v) is 5.08. The molecule has 0 bridgehead atoms. The lowest BCUT2D eigenvalue weighted by Gasteiger charge is -2.29. The minimum atomic E-state index is 0.897. The number of halogens is 1. The summed E-state index contributed by atoms with van der Waals surface area (Å²) in [5, 5.41) is 0. The Kier molecular flexibility index (Phi) is 3.12. The number of nitrogens with zero attached hydrogens (tertiary/aromatic N) is 1. The molecule has 2 N–H and O–H groups in total. The zero-order valence-corrected chi connectivity index (χ0v) is 10.3. The maximum absolute atomic E-state index is 5.97. The smallest absolute Gasteiger partial charge is 0.0362 e. The number of hydrogen-bond acceptors (Lipinski definition) is 2. The number of benzene rings is 1. The van der Waals surface area contributed by atoms with E-state index in [1.165, 1.54) is 11.1 Å². The predicted octanol–water partition coefficient (Wildman–Crippen LogP) is 2.54. The van der Waals surface area contributed by atoms with Crippen LogP contribution in [0.2, 0.25) is 0 Å². The molecule has 80 valence electrons. The van der Waals surface area contributed by atoms with Crippen molar-refractivity contribution in [3.63, 3.8) is 0 Å². The monoisotopic (exact) mass is 266 g/mol. The largest absolute Gasteiger partial charge is 0.398 e. The number of anilines is 1. The number of hydrogen-bond donors (Lipinski definition) is 1. The van der Waals surface area contributed by atoms with Crippen molar-refractivity contribution in [2.24, 2.45) is 0 Å². The maximum Gasteiger partial charge on any atom is 0.0362 e. The molecule has 15 heavy (non-hydrogen) atoms. The quantitative estimate of drug-likeness (QED) is 0.834. The third-order valence-electron chi connectivity index (χ3n) is 2.78. The molecule has 0 radical (unpaired) electrons. The van der Waals surface area contributed by atoms with Crippen molar-refractivity contribution in [3.8, 4) is 0 Å². The summed E-state index contributed by atoms with van der Waals surface area (Å²) < 4.78 is 1.03. The van der Waals surface area contributed by atoms with Gasteiger partial charge in [-0.3, -0.25) is 4.90 Å². The molecule has 0 atom stereocenters. The minimum absolute atomic E-state index is 0.897. The van der Waals surface area contributed by atoms with E-state index in [-0.39, 0.29) is 0 Å². The van der Waals surface area contributed by atoms with Crippen LogP contribution in [0, 0.1) is 0 Å². The van der Waals surface area contributed by atoms with Gasteiger partial charge in [0.2, 0.25) is 0 Å². The fraction of sp³-hybridized carbons (Fsp3) is 0.333. The zero-order valence-electron chi connectivity index (χ0n) is 8.67. The molecule has 0 aliphatic carbocycles. The van der Waals surface area contributed by atoms with Gasteiger partial charge < -0.3 is 5.73 Å². The van der Waals surface area contributed by atoms with Crippen molar-refractivity contribution in [1.29, 1.82) is 0 Å². The summed E-state index contributed by atoms with van der Waals surface area (Å²) in [5.74, 6) is 0. The summed E-state index contributed by atoms with van der Waals surface area (Å²) in [4.78, 5) is 2.36. The normalized spacial score (nSPS) is 16.1. The topological polar surface area (TPSA) is 29.3 Å². The lowest BCUT2D eigenvalue weighted by molar-refractivity contribution is 0.281. The van der Waals surface area contributed by atoms with Crippen molar-refractivity contribution in [1.82, 2.24) is 4.90 Å². The fourth-order valence-corrected chi connectivity index (χ4v) is 2.40. The lowest BCUT2D eigenvalue weighted by Crippen LogP contribution is -2.31. The van der Waals surface area contributed by atoms with Gasteiger partial charge in [0.25, 0.3) is 0 Å². The van der Waals surface area contributed by atoms with Gasteiger partial charge in [0.1, 0.15) is 0 Å². The molecule has 0 unspecified atom stereocenters. The van der Waals surface area contributed by atoms with E-state index in [1.54, 1.807) is 0 Å². The summed E-state index contributed by atoms with van der Waals surface area (Å²) in [6.45, 7) is 6.79. The Morgan fingerprint density at radius 3 is 3.07 bits per heavy atom. The Labute approximate surface area is 98.9 Å². The SMILES string of the molecule is C=C(Br)CN1CCc2cccc(N)c2C1. The van der Waals surface area contributed by atoms with Crippen LogP contribution in [0.3, 0.4) is 0 Å². The molecule has 0 spiro atoms. The third kappa shape index (κ3) is 2.41. The second kappa shape index (κ2) is 4.37. The van der Waals surface area contributed by atoms with Crippen LogP contribution in [0.4, 0.5) is 5.69 Å². The average Bonchev–Trinajstić information content (AvgIpc) is 2.18. The molecule has 0 aromatic heterocycles. The van der Waals surface area contributed by atoms with Gasteiger partial charge in [-0.25, -0.2) is 0 Å². The van der Waals surface area contributed by atoms with Gasteiger partial charge in [0, 0.05) is 29.8 Å². The second-order valence-electron chi connectivity index (χ2n) is 3.96. The highest BCUT2D eigenvalue weighted by Gasteiger charge is 2.17. The summed E-state index contributed by atoms with van der Waals surface area (Å²) in [5.41, 5.74) is 9.57. The predicted molar refractivity (Wildman–Crippen MR) is 67.9 cm³/mol. The maximum atomic E-state index is 5.97. The van der Waals surface area contributed by atoms with E-state index in [4.69, 9.17) is 5.73 Å². The summed E-state index contributed by atoms with van der Waals surface area (Å²) in [7, 11) is 0. The molecule has 2 nitrogen and oxygen atoms in total. The first-order valence-corrected chi connectivity index (χ1v) is 5.88. The van der Waals surface area contributed by atoms with E-state index in [0.29, 0.717) is 0 Å². The Balaban J connectivity index is 2.18. The molecule has 3 heteroatoms. The van der Waals surface area contributed by atoms with Crippen molar-refractivity contribution in [2.75, 3.05) is 18.8 Å². The number of fused-ring (bicyclic) bond motifs is 1. The van der Waals surface area contributed by atoms with Crippen LogP contribution in [-0.4, -0.2) is 18.0 Å². The lowest BCUT2D eigenvalue weighted by atomic mass is 9.98. The Morgan fingerprint density at radius 1 is 1.53 bits per heavy atom. The highest BCUT2D eigenvalue weighted by atomic mass is 79.9. The number of nitrogen functional groups attached to an aromatic ring is 1. The first-order valence-electron chi connectivity index (χ1n) is 5.08. The van der Waals surface area contributed by atoms with Gasteiger partial charge >= 0.3 is 0 Å². The zero-order chi connectivity index (χ0) is 10.8. The van der Waals surface area contributed by atoms with Crippen LogP contribution < -0.4 is 5.73 Å². The molecule has 0 amide bonds.